The van der Waals surface area contributed by atoms with E-state index in [0.29, 0.717) is 31.6 Å². The Kier molecular flexibility index (Phi) is 5.07. The van der Waals surface area contributed by atoms with Gasteiger partial charge in [-0.3, -0.25) is 19.7 Å². The molecule has 150 valence electrons. The Balaban J connectivity index is 1.59. The normalized spacial score (nSPS) is 18.6. The second-order valence-electron chi connectivity index (χ2n) is 7.53. The molecule has 2 aliphatic rings. The van der Waals surface area contributed by atoms with E-state index in [1.54, 1.807) is 11.0 Å². The number of imide groups is 1. The molecular formula is C22H24N4O3. The van der Waals surface area contributed by atoms with Gasteiger partial charge in [0, 0.05) is 44.4 Å². The first-order valence-corrected chi connectivity index (χ1v) is 9.74. The van der Waals surface area contributed by atoms with E-state index in [-0.39, 0.29) is 18.2 Å². The van der Waals surface area contributed by atoms with Gasteiger partial charge in [0.15, 0.2) is 0 Å². The van der Waals surface area contributed by atoms with Gasteiger partial charge in [-0.25, -0.2) is 0 Å². The number of hydrogen-bond donors (Lipinski definition) is 2. The highest BCUT2D eigenvalue weighted by molar-refractivity contribution is 6.05. The standard InChI is InChI=1S/C22H24N4O3/c1-25(18-8-3-2-5-14(18)11-23)12-15-6-4-7-16-17(15)13-26(22(16)29)19-9-10-20(27)24-21(19)28/h2-8,19H,9-13,23H2,1H3,(H,24,27,28). The highest BCUT2D eigenvalue weighted by atomic mass is 16.2. The minimum absolute atomic E-state index is 0.152. The van der Waals surface area contributed by atoms with Crippen molar-refractivity contribution in [3.05, 3.63) is 64.7 Å². The van der Waals surface area contributed by atoms with Gasteiger partial charge in [-0.05, 0) is 35.2 Å². The van der Waals surface area contributed by atoms with Crippen molar-refractivity contribution < 1.29 is 14.4 Å². The molecule has 0 radical (unpaired) electrons. The maximum absolute atomic E-state index is 13.0. The highest BCUT2D eigenvalue weighted by Gasteiger charge is 2.39. The summed E-state index contributed by atoms with van der Waals surface area (Å²) in [5.74, 6) is -0.824. The molecule has 0 bridgehead atoms. The Morgan fingerprint density at radius 1 is 1.10 bits per heavy atom. The molecule has 2 heterocycles. The van der Waals surface area contributed by atoms with Crippen LogP contribution in [0, 0.1) is 0 Å². The first kappa shape index (κ1) is 19.1. The van der Waals surface area contributed by atoms with Gasteiger partial charge in [-0.1, -0.05) is 30.3 Å². The number of amides is 3. The zero-order valence-corrected chi connectivity index (χ0v) is 16.4. The zero-order chi connectivity index (χ0) is 20.5. The molecule has 7 heteroatoms. The maximum atomic E-state index is 13.0. The SMILES string of the molecule is CN(Cc1cccc2c1CN(C1CCC(=O)NC1=O)C2=O)c1ccccc1CN. The van der Waals surface area contributed by atoms with Crippen LogP contribution in [0.5, 0.6) is 0 Å². The summed E-state index contributed by atoms with van der Waals surface area (Å²) < 4.78 is 0. The highest BCUT2D eigenvalue weighted by Crippen LogP contribution is 2.31. The van der Waals surface area contributed by atoms with E-state index in [4.69, 9.17) is 5.73 Å². The lowest BCUT2D eigenvalue weighted by Crippen LogP contribution is -2.52. The summed E-state index contributed by atoms with van der Waals surface area (Å²) in [5.41, 5.74) is 10.6. The van der Waals surface area contributed by atoms with Crippen molar-refractivity contribution in [2.24, 2.45) is 5.73 Å². The molecule has 0 aliphatic carbocycles. The topological polar surface area (TPSA) is 95.7 Å². The minimum Gasteiger partial charge on any atom is -0.370 e. The smallest absolute Gasteiger partial charge is 0.255 e. The van der Waals surface area contributed by atoms with Crippen LogP contribution in [0.2, 0.25) is 0 Å². The molecule has 1 unspecified atom stereocenters. The number of carbonyl (C=O) groups is 3. The van der Waals surface area contributed by atoms with Gasteiger partial charge in [0.1, 0.15) is 6.04 Å². The van der Waals surface area contributed by atoms with Crippen LogP contribution < -0.4 is 16.0 Å². The maximum Gasteiger partial charge on any atom is 0.255 e. The Morgan fingerprint density at radius 2 is 1.86 bits per heavy atom. The number of para-hydroxylation sites is 1. The summed E-state index contributed by atoms with van der Waals surface area (Å²) in [7, 11) is 2.00. The van der Waals surface area contributed by atoms with E-state index >= 15 is 0 Å². The quantitative estimate of drug-likeness (QED) is 0.753. The van der Waals surface area contributed by atoms with Crippen LogP contribution >= 0.6 is 0 Å². The Labute approximate surface area is 169 Å². The molecule has 0 aromatic heterocycles. The van der Waals surface area contributed by atoms with E-state index in [1.165, 1.54) is 0 Å². The first-order chi connectivity index (χ1) is 14.0. The molecule has 0 saturated carbocycles. The summed E-state index contributed by atoms with van der Waals surface area (Å²) in [4.78, 5) is 40.4. The second kappa shape index (κ2) is 7.67. The molecule has 29 heavy (non-hydrogen) atoms. The molecular weight excluding hydrogens is 368 g/mol. The van der Waals surface area contributed by atoms with Gasteiger partial charge in [0.05, 0.1) is 0 Å². The molecule has 2 aliphatic heterocycles. The molecule has 1 atom stereocenters. The number of nitrogens with zero attached hydrogens (tertiary/aromatic N) is 2. The predicted molar refractivity (Wildman–Crippen MR) is 109 cm³/mol. The molecule has 4 rings (SSSR count). The predicted octanol–water partition coefficient (Wildman–Crippen LogP) is 1.54. The monoisotopic (exact) mass is 392 g/mol. The fourth-order valence-corrected chi connectivity index (χ4v) is 4.19. The summed E-state index contributed by atoms with van der Waals surface area (Å²) in [6.45, 7) is 1.45. The van der Waals surface area contributed by atoms with E-state index in [1.807, 2.05) is 43.4 Å². The number of nitrogens with one attached hydrogen (secondary N) is 1. The van der Waals surface area contributed by atoms with Gasteiger partial charge in [0.25, 0.3) is 5.91 Å². The van der Waals surface area contributed by atoms with Crippen molar-refractivity contribution in [1.29, 1.82) is 0 Å². The molecule has 1 fully saturated rings. The zero-order valence-electron chi connectivity index (χ0n) is 16.4. The van der Waals surface area contributed by atoms with Crippen molar-refractivity contribution in [1.82, 2.24) is 10.2 Å². The van der Waals surface area contributed by atoms with Crippen molar-refractivity contribution in [2.75, 3.05) is 11.9 Å². The Hall–Kier alpha value is -3.19. The average molecular weight is 392 g/mol. The molecule has 7 nitrogen and oxygen atoms in total. The fourth-order valence-electron chi connectivity index (χ4n) is 4.19. The average Bonchev–Trinajstić information content (AvgIpc) is 3.05. The van der Waals surface area contributed by atoms with Crippen molar-refractivity contribution in [3.63, 3.8) is 0 Å². The lowest BCUT2D eigenvalue weighted by atomic mass is 10.0. The first-order valence-electron chi connectivity index (χ1n) is 9.74. The van der Waals surface area contributed by atoms with Crippen LogP contribution in [-0.4, -0.2) is 35.7 Å². The van der Waals surface area contributed by atoms with Crippen LogP contribution in [0.4, 0.5) is 5.69 Å². The largest absolute Gasteiger partial charge is 0.370 e. The van der Waals surface area contributed by atoms with Gasteiger partial charge in [-0.15, -0.1) is 0 Å². The minimum atomic E-state index is -0.601. The van der Waals surface area contributed by atoms with E-state index in [0.717, 1.165) is 22.4 Å². The van der Waals surface area contributed by atoms with Crippen LogP contribution in [-0.2, 0) is 29.2 Å². The second-order valence-corrected chi connectivity index (χ2v) is 7.53. The Morgan fingerprint density at radius 3 is 2.62 bits per heavy atom. The molecule has 3 N–H and O–H groups in total. The number of piperidine rings is 1. The van der Waals surface area contributed by atoms with Crippen molar-refractivity contribution in [2.45, 2.75) is 38.5 Å². The molecule has 2 aromatic carbocycles. The van der Waals surface area contributed by atoms with E-state index < -0.39 is 11.9 Å². The number of benzene rings is 2. The third-order valence-corrected chi connectivity index (χ3v) is 5.71. The molecule has 3 amide bonds. The number of fused-ring (bicyclic) bond motifs is 1. The van der Waals surface area contributed by atoms with Gasteiger partial charge in [-0.2, -0.15) is 0 Å². The van der Waals surface area contributed by atoms with Gasteiger partial charge < -0.3 is 15.5 Å². The van der Waals surface area contributed by atoms with Crippen LogP contribution in [0.3, 0.4) is 0 Å². The number of carbonyl (C=O) groups excluding carboxylic acids is 3. The molecule has 0 spiro atoms. The van der Waals surface area contributed by atoms with Crippen LogP contribution in [0.15, 0.2) is 42.5 Å². The fraction of sp³-hybridized carbons (Fsp3) is 0.318. The number of nitrogens with two attached hydrogens (primary N) is 1. The van der Waals surface area contributed by atoms with Crippen molar-refractivity contribution >= 4 is 23.4 Å². The third kappa shape index (κ3) is 3.49. The number of anilines is 1. The summed E-state index contributed by atoms with van der Waals surface area (Å²) in [5, 5.41) is 2.34. The number of rotatable bonds is 5. The Bertz CT molecular complexity index is 988. The number of hydrogen-bond acceptors (Lipinski definition) is 5. The van der Waals surface area contributed by atoms with Crippen LogP contribution in [0.25, 0.3) is 0 Å². The molecule has 2 aromatic rings. The van der Waals surface area contributed by atoms with Crippen molar-refractivity contribution in [3.8, 4) is 0 Å². The van der Waals surface area contributed by atoms with E-state index in [9.17, 15) is 14.4 Å². The van der Waals surface area contributed by atoms with Gasteiger partial charge >= 0.3 is 0 Å². The summed E-state index contributed by atoms with van der Waals surface area (Å²) in [6.07, 6.45) is 0.617. The van der Waals surface area contributed by atoms with E-state index in [2.05, 4.69) is 10.2 Å². The van der Waals surface area contributed by atoms with Gasteiger partial charge in [0.2, 0.25) is 11.8 Å². The summed E-state index contributed by atoms with van der Waals surface area (Å²) in [6, 6.07) is 13.1. The summed E-state index contributed by atoms with van der Waals surface area (Å²) >= 11 is 0. The van der Waals surface area contributed by atoms with Crippen LogP contribution in [0.1, 0.15) is 39.9 Å². The lowest BCUT2D eigenvalue weighted by molar-refractivity contribution is -0.136. The molecule has 1 saturated heterocycles. The lowest BCUT2D eigenvalue weighted by Gasteiger charge is -2.29. The third-order valence-electron chi connectivity index (χ3n) is 5.71.